The van der Waals surface area contributed by atoms with Crippen LogP contribution in [0.1, 0.15) is 10.4 Å². The van der Waals surface area contributed by atoms with Crippen molar-refractivity contribution in [3.63, 3.8) is 0 Å². The Morgan fingerprint density at radius 2 is 2.17 bits per heavy atom. The van der Waals surface area contributed by atoms with E-state index in [-0.39, 0.29) is 17.8 Å². The quantitative estimate of drug-likeness (QED) is 0.815. The Kier molecular flexibility index (Phi) is 4.05. The zero-order valence-electron chi connectivity index (χ0n) is 8.91. The van der Waals surface area contributed by atoms with Gasteiger partial charge in [0.1, 0.15) is 0 Å². The standard InChI is InChI=1S/C11H8F3NO3/c1-2-5-15-8-4-3-7(10(16)17)6-9(8)18-11(12,13)14/h1,3-4,6,15H,5H2,(H,16,17). The van der Waals surface area contributed by atoms with Gasteiger partial charge in [-0.25, -0.2) is 4.79 Å². The molecule has 0 heterocycles. The molecule has 4 nitrogen and oxygen atoms in total. The SMILES string of the molecule is C#CCNc1ccc(C(=O)O)cc1OC(F)(F)F. The van der Waals surface area contributed by atoms with E-state index in [0.29, 0.717) is 0 Å². The lowest BCUT2D eigenvalue weighted by Crippen LogP contribution is -2.18. The maximum absolute atomic E-state index is 12.1. The Bertz CT molecular complexity index is 491. The molecule has 18 heavy (non-hydrogen) atoms. The molecule has 0 atom stereocenters. The highest BCUT2D eigenvalue weighted by Gasteiger charge is 2.32. The van der Waals surface area contributed by atoms with Crippen molar-refractivity contribution in [1.29, 1.82) is 0 Å². The van der Waals surface area contributed by atoms with Crippen LogP contribution in [0.15, 0.2) is 18.2 Å². The highest BCUT2D eigenvalue weighted by molar-refractivity contribution is 5.89. The van der Waals surface area contributed by atoms with Gasteiger partial charge in [-0.2, -0.15) is 0 Å². The highest BCUT2D eigenvalue weighted by Crippen LogP contribution is 2.31. The zero-order chi connectivity index (χ0) is 13.8. The highest BCUT2D eigenvalue weighted by atomic mass is 19.4. The average molecular weight is 259 g/mol. The minimum Gasteiger partial charge on any atom is -0.478 e. The van der Waals surface area contributed by atoms with E-state index >= 15 is 0 Å². The Balaban J connectivity index is 3.10. The number of rotatable bonds is 4. The molecular weight excluding hydrogens is 251 g/mol. The fourth-order valence-electron chi connectivity index (χ4n) is 1.16. The van der Waals surface area contributed by atoms with E-state index in [1.54, 1.807) is 0 Å². The first-order chi connectivity index (χ1) is 8.33. The van der Waals surface area contributed by atoms with Crippen molar-refractivity contribution < 1.29 is 27.8 Å². The predicted molar refractivity (Wildman–Crippen MR) is 57.4 cm³/mol. The fraction of sp³-hybridized carbons (Fsp3) is 0.182. The molecule has 0 saturated heterocycles. The van der Waals surface area contributed by atoms with Crippen molar-refractivity contribution in [3.05, 3.63) is 23.8 Å². The molecule has 0 spiro atoms. The van der Waals surface area contributed by atoms with E-state index in [1.165, 1.54) is 0 Å². The number of carbonyl (C=O) groups is 1. The van der Waals surface area contributed by atoms with Gasteiger partial charge in [-0.1, -0.05) is 5.92 Å². The minimum absolute atomic E-state index is 0.0133. The van der Waals surface area contributed by atoms with Crippen LogP contribution in [0.25, 0.3) is 0 Å². The number of terminal acetylenes is 1. The number of carboxylic acid groups (broad SMARTS) is 1. The maximum atomic E-state index is 12.1. The van der Waals surface area contributed by atoms with Crippen LogP contribution in [-0.4, -0.2) is 24.0 Å². The molecule has 0 amide bonds. The topological polar surface area (TPSA) is 58.6 Å². The minimum atomic E-state index is -4.91. The van der Waals surface area contributed by atoms with Crippen LogP contribution >= 0.6 is 0 Å². The summed E-state index contributed by atoms with van der Waals surface area (Å²) in [4.78, 5) is 10.7. The van der Waals surface area contributed by atoms with Crippen LogP contribution in [0.5, 0.6) is 5.75 Å². The van der Waals surface area contributed by atoms with Crippen molar-refractivity contribution in [3.8, 4) is 18.1 Å². The zero-order valence-corrected chi connectivity index (χ0v) is 8.91. The summed E-state index contributed by atoms with van der Waals surface area (Å²) < 4.78 is 40.1. The number of alkyl halides is 3. The van der Waals surface area contributed by atoms with E-state index < -0.39 is 18.1 Å². The van der Waals surface area contributed by atoms with Gasteiger partial charge in [0.15, 0.2) is 5.75 Å². The summed E-state index contributed by atoms with van der Waals surface area (Å²) in [5.41, 5.74) is -0.351. The number of halogens is 3. The third-order valence-electron chi connectivity index (χ3n) is 1.84. The maximum Gasteiger partial charge on any atom is 0.573 e. The number of benzene rings is 1. The number of anilines is 1. The normalized spacial score (nSPS) is 10.6. The first-order valence-corrected chi connectivity index (χ1v) is 4.64. The Hall–Kier alpha value is -2.36. The molecule has 1 aromatic carbocycles. The van der Waals surface area contributed by atoms with E-state index in [4.69, 9.17) is 11.5 Å². The molecule has 0 aliphatic rings. The molecular formula is C11H8F3NO3. The van der Waals surface area contributed by atoms with E-state index in [0.717, 1.165) is 18.2 Å². The smallest absolute Gasteiger partial charge is 0.478 e. The summed E-state index contributed by atoms with van der Waals surface area (Å²) >= 11 is 0. The van der Waals surface area contributed by atoms with E-state index in [9.17, 15) is 18.0 Å². The molecule has 0 bridgehead atoms. The van der Waals surface area contributed by atoms with Gasteiger partial charge in [0.05, 0.1) is 17.8 Å². The first kappa shape index (κ1) is 13.7. The monoisotopic (exact) mass is 259 g/mol. The molecule has 0 saturated carbocycles. The lowest BCUT2D eigenvalue weighted by atomic mass is 10.2. The molecule has 1 rings (SSSR count). The second-order valence-corrected chi connectivity index (χ2v) is 3.12. The van der Waals surface area contributed by atoms with E-state index in [1.807, 2.05) is 0 Å². The lowest BCUT2D eigenvalue weighted by molar-refractivity contribution is -0.274. The van der Waals surface area contributed by atoms with Crippen LogP contribution in [0, 0.1) is 12.3 Å². The van der Waals surface area contributed by atoms with Gasteiger partial charge >= 0.3 is 12.3 Å². The van der Waals surface area contributed by atoms with Gasteiger partial charge in [-0.3, -0.25) is 0 Å². The summed E-state index contributed by atoms with van der Waals surface area (Å²) in [6.45, 7) is -0.0133. The summed E-state index contributed by atoms with van der Waals surface area (Å²) in [6.07, 6.45) is 0.0492. The van der Waals surface area contributed by atoms with Crippen molar-refractivity contribution in [2.75, 3.05) is 11.9 Å². The average Bonchev–Trinajstić information content (AvgIpc) is 2.25. The Labute approximate surface area is 100 Å². The molecule has 1 aromatic rings. The number of hydrogen-bond acceptors (Lipinski definition) is 3. The largest absolute Gasteiger partial charge is 0.573 e. The molecule has 0 fully saturated rings. The van der Waals surface area contributed by atoms with Gasteiger partial charge < -0.3 is 15.2 Å². The van der Waals surface area contributed by atoms with Gasteiger partial charge in [0, 0.05) is 0 Å². The molecule has 0 aliphatic heterocycles. The summed E-state index contributed by atoms with van der Waals surface area (Å²) in [6, 6.07) is 3.07. The summed E-state index contributed by atoms with van der Waals surface area (Å²) in [7, 11) is 0. The van der Waals surface area contributed by atoms with Crippen molar-refractivity contribution in [2.24, 2.45) is 0 Å². The van der Waals surface area contributed by atoms with Crippen LogP contribution in [0.3, 0.4) is 0 Å². The summed E-state index contributed by atoms with van der Waals surface area (Å²) in [5.74, 6) is 0.182. The number of aromatic carboxylic acids is 1. The van der Waals surface area contributed by atoms with Crippen LogP contribution in [0.4, 0.5) is 18.9 Å². The summed E-state index contributed by atoms with van der Waals surface area (Å²) in [5, 5.41) is 11.2. The van der Waals surface area contributed by atoms with Crippen molar-refractivity contribution in [1.82, 2.24) is 0 Å². The second-order valence-electron chi connectivity index (χ2n) is 3.12. The first-order valence-electron chi connectivity index (χ1n) is 4.64. The Morgan fingerprint density at radius 3 is 2.67 bits per heavy atom. The number of ether oxygens (including phenoxy) is 1. The Morgan fingerprint density at radius 1 is 1.50 bits per heavy atom. The van der Waals surface area contributed by atoms with Gasteiger partial charge in [-0.15, -0.1) is 19.6 Å². The van der Waals surface area contributed by atoms with Gasteiger partial charge in [0.2, 0.25) is 0 Å². The molecule has 0 unspecified atom stereocenters. The molecule has 0 radical (unpaired) electrons. The number of carboxylic acids is 1. The molecule has 0 aliphatic carbocycles. The third kappa shape index (κ3) is 3.90. The molecule has 0 aromatic heterocycles. The van der Waals surface area contributed by atoms with Crippen molar-refractivity contribution >= 4 is 11.7 Å². The predicted octanol–water partition coefficient (Wildman–Crippen LogP) is 2.33. The van der Waals surface area contributed by atoms with Crippen LogP contribution in [0.2, 0.25) is 0 Å². The fourth-order valence-corrected chi connectivity index (χ4v) is 1.16. The molecule has 2 N–H and O–H groups in total. The number of hydrogen-bond donors (Lipinski definition) is 2. The van der Waals surface area contributed by atoms with Gasteiger partial charge in [-0.05, 0) is 18.2 Å². The van der Waals surface area contributed by atoms with E-state index in [2.05, 4.69) is 16.0 Å². The third-order valence-corrected chi connectivity index (χ3v) is 1.84. The van der Waals surface area contributed by atoms with Crippen LogP contribution in [-0.2, 0) is 0 Å². The van der Waals surface area contributed by atoms with Crippen LogP contribution < -0.4 is 10.1 Å². The number of nitrogens with one attached hydrogen (secondary N) is 1. The molecule has 96 valence electrons. The van der Waals surface area contributed by atoms with Gasteiger partial charge in [0.25, 0.3) is 0 Å². The molecule has 7 heteroatoms. The lowest BCUT2D eigenvalue weighted by Gasteiger charge is -2.14. The second kappa shape index (κ2) is 5.31. The van der Waals surface area contributed by atoms with Crippen molar-refractivity contribution in [2.45, 2.75) is 6.36 Å².